The minimum atomic E-state index is 0. The van der Waals surface area contributed by atoms with Crippen molar-refractivity contribution in [1.29, 1.82) is 0 Å². The molecule has 0 aromatic rings. The molecule has 0 aliphatic rings. The zero-order valence-electron chi connectivity index (χ0n) is 15.6. The number of hydrogen-bond donors (Lipinski definition) is 0. The molecule has 0 aromatic heterocycles. The van der Waals surface area contributed by atoms with Crippen molar-refractivity contribution in [2.45, 2.75) is 105 Å². The predicted octanol–water partition coefficient (Wildman–Crippen LogP) is 4.10. The molecule has 0 aromatic carbocycles. The summed E-state index contributed by atoms with van der Waals surface area (Å²) in [6.07, 6.45) is 17.3. The Balaban J connectivity index is -0.00000144. The third-order valence-corrected chi connectivity index (χ3v) is 4.26. The van der Waals surface area contributed by atoms with Crippen LogP contribution in [0.2, 0.25) is 0 Å². The van der Waals surface area contributed by atoms with Crippen LogP contribution in [0.15, 0.2) is 0 Å². The molecule has 0 amide bonds. The SMILES string of the molecule is CCCCC(CCC)CC(CCCC)CCCC.[H-].[Na+]. The first kappa shape index (κ1) is 22.3. The van der Waals surface area contributed by atoms with Crippen LogP contribution in [0.4, 0.5) is 0 Å². The van der Waals surface area contributed by atoms with Gasteiger partial charge < -0.3 is 1.43 Å². The van der Waals surface area contributed by atoms with Crippen LogP contribution in [0.3, 0.4) is 0 Å². The Kier molecular flexibility index (Phi) is 20.0. The maximum atomic E-state index is 2.35. The van der Waals surface area contributed by atoms with Crippen LogP contribution in [0.1, 0.15) is 106 Å². The van der Waals surface area contributed by atoms with Crippen molar-refractivity contribution in [3.63, 3.8) is 0 Å². The molecule has 0 heterocycles. The van der Waals surface area contributed by atoms with E-state index in [0.29, 0.717) is 0 Å². The van der Waals surface area contributed by atoms with Crippen molar-refractivity contribution in [3.8, 4) is 0 Å². The van der Waals surface area contributed by atoms with E-state index in [9.17, 15) is 0 Å². The summed E-state index contributed by atoms with van der Waals surface area (Å²) in [5.41, 5.74) is 0. The molecule has 0 N–H and O–H groups in total. The van der Waals surface area contributed by atoms with Gasteiger partial charge in [-0.05, 0) is 18.3 Å². The summed E-state index contributed by atoms with van der Waals surface area (Å²) >= 11 is 0. The molecule has 112 valence electrons. The van der Waals surface area contributed by atoms with Gasteiger partial charge >= 0.3 is 29.6 Å². The summed E-state index contributed by atoms with van der Waals surface area (Å²) < 4.78 is 0. The van der Waals surface area contributed by atoms with Crippen molar-refractivity contribution < 1.29 is 31.0 Å². The van der Waals surface area contributed by atoms with Crippen LogP contribution in [0, 0.1) is 11.8 Å². The Morgan fingerprint density at radius 1 is 0.579 bits per heavy atom. The van der Waals surface area contributed by atoms with Gasteiger partial charge in [0.15, 0.2) is 0 Å². The Morgan fingerprint density at radius 2 is 0.947 bits per heavy atom. The first-order valence-electron chi connectivity index (χ1n) is 8.78. The van der Waals surface area contributed by atoms with Gasteiger partial charge in [-0.15, -0.1) is 0 Å². The molecule has 0 saturated heterocycles. The minimum Gasteiger partial charge on any atom is -1.00 e. The minimum absolute atomic E-state index is 0. The first-order chi connectivity index (χ1) is 8.78. The molecule has 0 bridgehead atoms. The number of unbranched alkanes of at least 4 members (excludes halogenated alkanes) is 3. The standard InChI is InChI=1S/C18H38.Na.H/c1-5-9-13-17(12-8-4)16-18(14-10-6-2)15-11-7-3;;/h17-18H,5-16H2,1-4H3;;/q;+1;-1. The van der Waals surface area contributed by atoms with Crippen molar-refractivity contribution in [1.82, 2.24) is 0 Å². The van der Waals surface area contributed by atoms with Gasteiger partial charge in [0.25, 0.3) is 0 Å². The van der Waals surface area contributed by atoms with E-state index in [1.165, 1.54) is 77.0 Å². The molecule has 1 unspecified atom stereocenters. The molecule has 1 atom stereocenters. The average molecular weight is 278 g/mol. The topological polar surface area (TPSA) is 0 Å². The quantitative estimate of drug-likeness (QED) is 0.445. The van der Waals surface area contributed by atoms with Gasteiger partial charge in [-0.1, -0.05) is 98.3 Å². The fourth-order valence-electron chi connectivity index (χ4n) is 3.12. The Bertz CT molecular complexity index is 153. The second-order valence-corrected chi connectivity index (χ2v) is 6.18. The smallest absolute Gasteiger partial charge is 1.00 e. The fourth-order valence-corrected chi connectivity index (χ4v) is 3.12. The summed E-state index contributed by atoms with van der Waals surface area (Å²) in [5.74, 6) is 2.05. The van der Waals surface area contributed by atoms with Gasteiger partial charge in [-0.3, -0.25) is 0 Å². The van der Waals surface area contributed by atoms with E-state index in [0.717, 1.165) is 11.8 Å². The maximum absolute atomic E-state index is 2.35. The molecule has 0 saturated carbocycles. The zero-order chi connectivity index (χ0) is 13.6. The summed E-state index contributed by atoms with van der Waals surface area (Å²) in [6, 6.07) is 0. The summed E-state index contributed by atoms with van der Waals surface area (Å²) in [4.78, 5) is 0. The number of rotatable bonds is 13. The maximum Gasteiger partial charge on any atom is 1.00 e. The largest absolute Gasteiger partial charge is 1.00 e. The molecule has 0 spiro atoms. The zero-order valence-corrected chi connectivity index (χ0v) is 16.6. The van der Waals surface area contributed by atoms with Crippen LogP contribution in [-0.2, 0) is 0 Å². The third-order valence-electron chi connectivity index (χ3n) is 4.26. The van der Waals surface area contributed by atoms with E-state index >= 15 is 0 Å². The van der Waals surface area contributed by atoms with Gasteiger partial charge in [-0.25, -0.2) is 0 Å². The van der Waals surface area contributed by atoms with Gasteiger partial charge in [-0.2, -0.15) is 0 Å². The van der Waals surface area contributed by atoms with Crippen LogP contribution in [0.5, 0.6) is 0 Å². The molecule has 0 nitrogen and oxygen atoms in total. The van der Waals surface area contributed by atoms with Gasteiger partial charge in [0.1, 0.15) is 0 Å². The van der Waals surface area contributed by atoms with Crippen LogP contribution < -0.4 is 29.6 Å². The van der Waals surface area contributed by atoms with E-state index in [4.69, 9.17) is 0 Å². The van der Waals surface area contributed by atoms with E-state index in [-0.39, 0.29) is 31.0 Å². The van der Waals surface area contributed by atoms with Crippen LogP contribution in [0.25, 0.3) is 0 Å². The molecular weight excluding hydrogens is 239 g/mol. The molecule has 0 fully saturated rings. The molecule has 0 aliphatic heterocycles. The van der Waals surface area contributed by atoms with Crippen LogP contribution in [-0.4, -0.2) is 0 Å². The van der Waals surface area contributed by atoms with Crippen molar-refractivity contribution in [3.05, 3.63) is 0 Å². The van der Waals surface area contributed by atoms with Gasteiger partial charge in [0.2, 0.25) is 0 Å². The monoisotopic (exact) mass is 278 g/mol. The van der Waals surface area contributed by atoms with Gasteiger partial charge in [0, 0.05) is 0 Å². The van der Waals surface area contributed by atoms with Crippen molar-refractivity contribution in [2.75, 3.05) is 0 Å². The molecule has 19 heavy (non-hydrogen) atoms. The van der Waals surface area contributed by atoms with E-state index in [1.807, 2.05) is 0 Å². The predicted molar refractivity (Wildman–Crippen MR) is 86.2 cm³/mol. The molecular formula is C18H39Na. The Morgan fingerprint density at radius 3 is 1.26 bits per heavy atom. The summed E-state index contributed by atoms with van der Waals surface area (Å²) in [5, 5.41) is 0. The molecule has 0 radical (unpaired) electrons. The Labute approximate surface area is 147 Å². The fraction of sp³-hybridized carbons (Fsp3) is 1.00. The molecule has 1 heteroatoms. The first-order valence-corrected chi connectivity index (χ1v) is 8.78. The Hall–Kier alpha value is 1.00. The van der Waals surface area contributed by atoms with Crippen molar-refractivity contribution >= 4 is 0 Å². The normalized spacial score (nSPS) is 12.5. The summed E-state index contributed by atoms with van der Waals surface area (Å²) in [7, 11) is 0. The molecule has 0 rings (SSSR count). The second kappa shape index (κ2) is 17.1. The van der Waals surface area contributed by atoms with Crippen molar-refractivity contribution in [2.24, 2.45) is 11.8 Å². The van der Waals surface area contributed by atoms with Gasteiger partial charge in [0.05, 0.1) is 0 Å². The van der Waals surface area contributed by atoms with E-state index < -0.39 is 0 Å². The van der Waals surface area contributed by atoms with E-state index in [2.05, 4.69) is 27.7 Å². The third kappa shape index (κ3) is 13.7. The second-order valence-electron chi connectivity index (χ2n) is 6.18. The molecule has 0 aliphatic carbocycles. The van der Waals surface area contributed by atoms with E-state index in [1.54, 1.807) is 0 Å². The van der Waals surface area contributed by atoms with Crippen LogP contribution >= 0.6 is 0 Å². The number of hydrogen-bond acceptors (Lipinski definition) is 0. The summed E-state index contributed by atoms with van der Waals surface area (Å²) in [6.45, 7) is 9.34. The average Bonchev–Trinajstić information content (AvgIpc) is 2.39.